The minimum absolute atomic E-state index is 0.00852. The van der Waals surface area contributed by atoms with Crippen LogP contribution < -0.4 is 10.6 Å². The van der Waals surface area contributed by atoms with E-state index in [1.165, 1.54) is 225 Å². The van der Waals surface area contributed by atoms with Crippen LogP contribution in [0, 0.1) is 0 Å². The maximum absolute atomic E-state index is 12.8. The van der Waals surface area contributed by atoms with Gasteiger partial charge in [-0.05, 0) is 33.1 Å². The van der Waals surface area contributed by atoms with Crippen LogP contribution in [0.2, 0.25) is 0 Å². The topological polar surface area (TPSA) is 128 Å². The predicted molar refractivity (Wildman–Crippen MR) is 293 cm³/mol. The quantitative estimate of drug-likeness (QED) is 0.0353. The first-order valence-corrected chi connectivity index (χ1v) is 30.2. The van der Waals surface area contributed by atoms with E-state index in [0.29, 0.717) is 25.9 Å². The molecule has 1 atom stereocenters. The predicted octanol–water partition coefficient (Wildman–Crippen LogP) is 17.3. The highest BCUT2D eigenvalue weighted by atomic mass is 16.5. The van der Waals surface area contributed by atoms with Crippen LogP contribution in [-0.2, 0) is 33.4 Å². The molecule has 0 heterocycles. The van der Waals surface area contributed by atoms with Crippen molar-refractivity contribution in [2.24, 2.45) is 0 Å². The second-order valence-electron chi connectivity index (χ2n) is 20.2. The zero-order valence-electron chi connectivity index (χ0n) is 46.6. The van der Waals surface area contributed by atoms with E-state index in [2.05, 4.69) is 31.4 Å². The lowest BCUT2D eigenvalue weighted by atomic mass is 10.0. The number of esters is 2. The number of nitrogens with one attached hydrogen (secondary N) is 2. The van der Waals surface area contributed by atoms with E-state index in [0.717, 1.165) is 51.4 Å². The summed E-state index contributed by atoms with van der Waals surface area (Å²) >= 11 is 0. The molecule has 2 amide bonds. The van der Waals surface area contributed by atoms with Crippen molar-refractivity contribution in [3.05, 3.63) is 0 Å². The van der Waals surface area contributed by atoms with E-state index < -0.39 is 12.0 Å². The molecule has 9 nitrogen and oxygen atoms in total. The lowest BCUT2D eigenvalue weighted by Gasteiger charge is -2.16. The highest BCUT2D eigenvalue weighted by Crippen LogP contribution is 2.17. The smallest absolute Gasteiger partial charge is 0.336 e. The van der Waals surface area contributed by atoms with Gasteiger partial charge in [0.15, 0.2) is 11.8 Å². The summed E-state index contributed by atoms with van der Waals surface area (Å²) < 4.78 is 9.87. The number of hydrogen-bond acceptors (Lipinski definition) is 7. The number of carbonyl (C=O) groups is 5. The highest BCUT2D eigenvalue weighted by Gasteiger charge is 2.29. The van der Waals surface area contributed by atoms with Crippen LogP contribution in [0.25, 0.3) is 0 Å². The van der Waals surface area contributed by atoms with Crippen molar-refractivity contribution in [1.29, 1.82) is 0 Å². The molecule has 0 fully saturated rings. The number of ether oxygens (including phenoxy) is 2. The van der Waals surface area contributed by atoms with Crippen molar-refractivity contribution in [3.8, 4) is 0 Å². The van der Waals surface area contributed by atoms with Gasteiger partial charge >= 0.3 is 11.9 Å². The van der Waals surface area contributed by atoms with Crippen LogP contribution in [-0.4, -0.2) is 55.3 Å². The standard InChI is InChI=1S/C38H73NO4.C22H43NO3/c1-4-7-9-11-13-15-17-19-20-22-24-26-28-30-32-34-36(41)39-37(38(42)43-6-3)35(40)33-31-29-27-25-23-21-18-16-14-12-10-8-5-2;1-3-5-6-7-8-9-10-11-12-13-14-15-16-17-18-19-21(24)23-20-22(25)26-4-2/h37H,4-34H2,1-3H3,(H,39,41);3-20H2,1-2H3,(H,23,24). The SMILES string of the molecule is CCCCCCCCCCCCCCCCCC(=O)NC(C(=O)CCCCCCCCCCCCCCC)C(=O)OCC.CCCCCCCCCCCCCCCCCC(=O)NCC(=O)OCC. The summed E-state index contributed by atoms with van der Waals surface area (Å²) in [7, 11) is 0. The number of carbonyl (C=O) groups excluding carboxylic acids is 5. The average molecular weight is 978 g/mol. The third-order valence-corrected chi connectivity index (χ3v) is 13.4. The molecule has 0 aliphatic carbocycles. The van der Waals surface area contributed by atoms with Crippen LogP contribution in [0.4, 0.5) is 0 Å². The Bertz CT molecular complexity index is 1130. The van der Waals surface area contributed by atoms with Gasteiger partial charge in [-0.3, -0.25) is 19.2 Å². The Kier molecular flexibility index (Phi) is 57.8. The van der Waals surface area contributed by atoms with Gasteiger partial charge in [0, 0.05) is 19.3 Å². The van der Waals surface area contributed by atoms with E-state index in [9.17, 15) is 24.0 Å². The van der Waals surface area contributed by atoms with Crippen LogP contribution in [0.1, 0.15) is 330 Å². The molecule has 0 aromatic heterocycles. The first-order chi connectivity index (χ1) is 33.8. The summed E-state index contributed by atoms with van der Waals surface area (Å²) in [5.74, 6) is -1.46. The van der Waals surface area contributed by atoms with Gasteiger partial charge in [0.2, 0.25) is 11.8 Å². The fourth-order valence-electron chi connectivity index (χ4n) is 8.98. The van der Waals surface area contributed by atoms with E-state index in [1.54, 1.807) is 13.8 Å². The molecule has 408 valence electrons. The lowest BCUT2D eigenvalue weighted by molar-refractivity contribution is -0.150. The molecule has 2 N–H and O–H groups in total. The summed E-state index contributed by atoms with van der Waals surface area (Å²) in [4.78, 5) is 60.4. The Morgan fingerprint density at radius 1 is 0.319 bits per heavy atom. The van der Waals surface area contributed by atoms with Crippen molar-refractivity contribution in [2.75, 3.05) is 19.8 Å². The summed E-state index contributed by atoms with van der Waals surface area (Å²) in [6.45, 7) is 10.8. The molecule has 0 saturated heterocycles. The molecular weight excluding hydrogens is 861 g/mol. The first-order valence-electron chi connectivity index (χ1n) is 30.2. The van der Waals surface area contributed by atoms with Gasteiger partial charge < -0.3 is 20.1 Å². The molecule has 0 bridgehead atoms. The number of ketones is 1. The third-order valence-electron chi connectivity index (χ3n) is 13.4. The van der Waals surface area contributed by atoms with Crippen LogP contribution >= 0.6 is 0 Å². The van der Waals surface area contributed by atoms with Gasteiger partial charge in [-0.25, -0.2) is 4.79 Å². The number of Topliss-reactive ketones (excluding diaryl/α,β-unsaturated/α-hetero) is 1. The molecule has 0 aliphatic rings. The zero-order valence-corrected chi connectivity index (χ0v) is 46.6. The largest absolute Gasteiger partial charge is 0.465 e. The molecule has 69 heavy (non-hydrogen) atoms. The Labute approximate surface area is 427 Å². The minimum atomic E-state index is -1.15. The molecule has 0 aliphatic heterocycles. The van der Waals surface area contributed by atoms with Gasteiger partial charge in [-0.2, -0.15) is 0 Å². The summed E-state index contributed by atoms with van der Waals surface area (Å²) in [5, 5.41) is 5.29. The summed E-state index contributed by atoms with van der Waals surface area (Å²) in [6, 6.07) is -1.15. The molecule has 9 heteroatoms. The van der Waals surface area contributed by atoms with E-state index >= 15 is 0 Å². The van der Waals surface area contributed by atoms with Crippen molar-refractivity contribution in [2.45, 2.75) is 336 Å². The van der Waals surface area contributed by atoms with Crippen LogP contribution in [0.15, 0.2) is 0 Å². The third kappa shape index (κ3) is 54.7. The van der Waals surface area contributed by atoms with Crippen molar-refractivity contribution >= 4 is 29.5 Å². The molecule has 0 radical (unpaired) electrons. The molecule has 0 rings (SSSR count). The molecular formula is C60H116N2O7. The van der Waals surface area contributed by atoms with E-state index in [-0.39, 0.29) is 36.7 Å². The van der Waals surface area contributed by atoms with E-state index in [4.69, 9.17) is 9.47 Å². The maximum Gasteiger partial charge on any atom is 0.336 e. The Hall–Kier alpha value is -2.45. The number of amides is 2. The Balaban J connectivity index is 0. The zero-order chi connectivity index (χ0) is 50.9. The Morgan fingerprint density at radius 2 is 0.580 bits per heavy atom. The molecule has 0 aromatic carbocycles. The van der Waals surface area contributed by atoms with Gasteiger partial charge in [0.05, 0.1) is 13.2 Å². The maximum atomic E-state index is 12.8. The average Bonchev–Trinajstić information content (AvgIpc) is 3.34. The number of unbranched alkanes of at least 4 members (excludes halogenated alkanes) is 40. The van der Waals surface area contributed by atoms with Gasteiger partial charge in [-0.1, -0.05) is 278 Å². The van der Waals surface area contributed by atoms with Crippen molar-refractivity contribution in [3.63, 3.8) is 0 Å². The molecule has 0 spiro atoms. The summed E-state index contributed by atoms with van der Waals surface area (Å²) in [6.07, 6.45) is 56.4. The second-order valence-corrected chi connectivity index (χ2v) is 20.2. The highest BCUT2D eigenvalue weighted by molar-refractivity contribution is 6.05. The normalized spacial score (nSPS) is 11.4. The van der Waals surface area contributed by atoms with Crippen molar-refractivity contribution < 1.29 is 33.4 Å². The van der Waals surface area contributed by atoms with Gasteiger partial charge in [0.25, 0.3) is 0 Å². The van der Waals surface area contributed by atoms with Crippen LogP contribution in [0.5, 0.6) is 0 Å². The number of rotatable bonds is 53. The second kappa shape index (κ2) is 58.1. The molecule has 0 saturated carbocycles. The minimum Gasteiger partial charge on any atom is -0.465 e. The van der Waals surface area contributed by atoms with Gasteiger partial charge in [0.1, 0.15) is 6.54 Å². The summed E-state index contributed by atoms with van der Waals surface area (Å²) in [5.41, 5.74) is 0. The Morgan fingerprint density at radius 3 is 0.870 bits per heavy atom. The number of hydrogen-bond donors (Lipinski definition) is 2. The van der Waals surface area contributed by atoms with Gasteiger partial charge in [-0.15, -0.1) is 0 Å². The van der Waals surface area contributed by atoms with Crippen molar-refractivity contribution in [1.82, 2.24) is 10.6 Å². The first kappa shape index (κ1) is 68.6. The molecule has 1 unspecified atom stereocenters. The fraction of sp³-hybridized carbons (Fsp3) is 0.917. The van der Waals surface area contributed by atoms with Crippen LogP contribution in [0.3, 0.4) is 0 Å². The monoisotopic (exact) mass is 977 g/mol. The lowest BCUT2D eigenvalue weighted by Crippen LogP contribution is -2.47. The van der Waals surface area contributed by atoms with E-state index in [1.807, 2.05) is 0 Å². The molecule has 0 aromatic rings. The fourth-order valence-corrected chi connectivity index (χ4v) is 8.98.